The first kappa shape index (κ1) is 16.3. The molecule has 2 rings (SSSR count). The fourth-order valence-corrected chi connectivity index (χ4v) is 2.69. The Hall–Kier alpha value is -1.09. The molecule has 0 bridgehead atoms. The average Bonchev–Trinajstić information content (AvgIpc) is 3.26. The van der Waals surface area contributed by atoms with Crippen LogP contribution in [0.3, 0.4) is 0 Å². The maximum absolute atomic E-state index is 14.3. The van der Waals surface area contributed by atoms with Gasteiger partial charge in [0.1, 0.15) is 5.82 Å². The van der Waals surface area contributed by atoms with E-state index in [4.69, 9.17) is 0 Å². The highest BCUT2D eigenvalue weighted by molar-refractivity contribution is 5.56. The summed E-state index contributed by atoms with van der Waals surface area (Å²) >= 11 is 0. The Morgan fingerprint density at radius 3 is 2.71 bits per heavy atom. The average molecular weight is 292 g/mol. The Labute approximate surface area is 128 Å². The smallest absolute Gasteiger partial charge is 0.129 e. The van der Waals surface area contributed by atoms with E-state index in [0.717, 1.165) is 24.3 Å². The van der Waals surface area contributed by atoms with E-state index in [0.29, 0.717) is 18.5 Å². The van der Waals surface area contributed by atoms with Crippen molar-refractivity contribution in [3.8, 4) is 0 Å². The number of hydrogen-bond donors (Lipinski definition) is 1. The standard InChI is InChI=1S/C18H29FN2/c1-4-5-11-21(15-9-10-15)18-8-6-7-17(19)16(18)13-20-12-14(2)3/h6-8,14-15,20H,4-5,9-13H2,1-3H3. The van der Waals surface area contributed by atoms with Gasteiger partial charge in [-0.05, 0) is 43.9 Å². The zero-order chi connectivity index (χ0) is 15.2. The van der Waals surface area contributed by atoms with E-state index >= 15 is 0 Å². The van der Waals surface area contributed by atoms with Gasteiger partial charge in [0.05, 0.1) is 0 Å². The summed E-state index contributed by atoms with van der Waals surface area (Å²) in [7, 11) is 0. The highest BCUT2D eigenvalue weighted by Crippen LogP contribution is 2.34. The Kier molecular flexibility index (Phi) is 6.04. The van der Waals surface area contributed by atoms with Gasteiger partial charge in [-0.2, -0.15) is 0 Å². The van der Waals surface area contributed by atoms with Crippen LogP contribution in [0.5, 0.6) is 0 Å². The van der Waals surface area contributed by atoms with Gasteiger partial charge in [-0.15, -0.1) is 0 Å². The first-order valence-corrected chi connectivity index (χ1v) is 8.38. The molecule has 0 atom stereocenters. The van der Waals surface area contributed by atoms with Crippen LogP contribution in [-0.2, 0) is 6.54 Å². The lowest BCUT2D eigenvalue weighted by Crippen LogP contribution is -2.29. The second-order valence-corrected chi connectivity index (χ2v) is 6.54. The molecule has 0 heterocycles. The predicted molar refractivity (Wildman–Crippen MR) is 88.2 cm³/mol. The van der Waals surface area contributed by atoms with Crippen LogP contribution in [-0.4, -0.2) is 19.1 Å². The summed E-state index contributed by atoms with van der Waals surface area (Å²) < 4.78 is 14.3. The third kappa shape index (κ3) is 4.70. The number of rotatable bonds is 9. The molecule has 0 aliphatic heterocycles. The summed E-state index contributed by atoms with van der Waals surface area (Å²) in [5, 5.41) is 3.39. The van der Waals surface area contributed by atoms with Gasteiger partial charge in [-0.25, -0.2) is 4.39 Å². The number of unbranched alkanes of at least 4 members (excludes halogenated alkanes) is 1. The van der Waals surface area contributed by atoms with Crippen molar-refractivity contribution in [3.05, 3.63) is 29.6 Å². The van der Waals surface area contributed by atoms with Gasteiger partial charge >= 0.3 is 0 Å². The minimum absolute atomic E-state index is 0.0779. The predicted octanol–water partition coefficient (Wildman–Crippen LogP) is 4.34. The van der Waals surface area contributed by atoms with Crippen molar-refractivity contribution in [1.29, 1.82) is 0 Å². The van der Waals surface area contributed by atoms with Crippen LogP contribution in [0.4, 0.5) is 10.1 Å². The van der Waals surface area contributed by atoms with E-state index in [1.54, 1.807) is 6.07 Å². The SMILES string of the molecule is CCCCN(c1cccc(F)c1CNCC(C)C)C1CC1. The zero-order valence-corrected chi connectivity index (χ0v) is 13.7. The summed E-state index contributed by atoms with van der Waals surface area (Å²) in [5.74, 6) is 0.505. The van der Waals surface area contributed by atoms with E-state index in [1.807, 2.05) is 6.07 Å². The maximum Gasteiger partial charge on any atom is 0.129 e. The van der Waals surface area contributed by atoms with Gasteiger partial charge in [0.2, 0.25) is 0 Å². The molecular formula is C18H29FN2. The van der Waals surface area contributed by atoms with E-state index in [2.05, 4.69) is 37.1 Å². The van der Waals surface area contributed by atoms with E-state index in [9.17, 15) is 4.39 Å². The molecule has 2 nitrogen and oxygen atoms in total. The molecule has 3 heteroatoms. The van der Waals surface area contributed by atoms with Crippen molar-refractivity contribution in [2.24, 2.45) is 5.92 Å². The van der Waals surface area contributed by atoms with E-state index < -0.39 is 0 Å². The molecule has 0 aromatic heterocycles. The number of nitrogens with one attached hydrogen (secondary N) is 1. The van der Waals surface area contributed by atoms with Crippen molar-refractivity contribution in [3.63, 3.8) is 0 Å². The Balaban J connectivity index is 2.14. The van der Waals surface area contributed by atoms with Crippen molar-refractivity contribution < 1.29 is 4.39 Å². The van der Waals surface area contributed by atoms with Crippen LogP contribution in [0.25, 0.3) is 0 Å². The van der Waals surface area contributed by atoms with Gasteiger partial charge < -0.3 is 10.2 Å². The molecule has 1 aromatic carbocycles. The Morgan fingerprint density at radius 1 is 1.33 bits per heavy atom. The molecule has 1 N–H and O–H groups in total. The monoisotopic (exact) mass is 292 g/mol. The first-order chi connectivity index (χ1) is 10.1. The van der Waals surface area contributed by atoms with Crippen molar-refractivity contribution >= 4 is 5.69 Å². The third-order valence-corrected chi connectivity index (χ3v) is 4.00. The molecule has 0 spiro atoms. The van der Waals surface area contributed by atoms with Crippen LogP contribution < -0.4 is 10.2 Å². The Bertz CT molecular complexity index is 441. The molecule has 1 aliphatic carbocycles. The van der Waals surface area contributed by atoms with Gasteiger partial charge in [0.15, 0.2) is 0 Å². The molecule has 21 heavy (non-hydrogen) atoms. The van der Waals surface area contributed by atoms with Gasteiger partial charge in [0, 0.05) is 30.4 Å². The molecule has 0 radical (unpaired) electrons. The summed E-state index contributed by atoms with van der Waals surface area (Å²) in [5.41, 5.74) is 1.93. The normalized spacial score (nSPS) is 14.7. The van der Waals surface area contributed by atoms with Crippen LogP contribution in [0, 0.1) is 11.7 Å². The van der Waals surface area contributed by atoms with Crippen LogP contribution in [0.1, 0.15) is 52.0 Å². The van der Waals surface area contributed by atoms with Gasteiger partial charge in [0.25, 0.3) is 0 Å². The minimum atomic E-state index is -0.0779. The van der Waals surface area contributed by atoms with Gasteiger partial charge in [-0.1, -0.05) is 33.3 Å². The molecule has 118 valence electrons. The number of benzene rings is 1. The fourth-order valence-electron chi connectivity index (χ4n) is 2.69. The van der Waals surface area contributed by atoms with Crippen LogP contribution in [0.2, 0.25) is 0 Å². The lowest BCUT2D eigenvalue weighted by atomic mass is 10.1. The minimum Gasteiger partial charge on any atom is -0.368 e. The second-order valence-electron chi connectivity index (χ2n) is 6.54. The largest absolute Gasteiger partial charge is 0.368 e. The third-order valence-electron chi connectivity index (χ3n) is 4.00. The quantitative estimate of drug-likeness (QED) is 0.728. The lowest BCUT2D eigenvalue weighted by molar-refractivity contribution is 0.533. The van der Waals surface area contributed by atoms with Crippen LogP contribution in [0.15, 0.2) is 18.2 Å². The van der Waals surface area contributed by atoms with Crippen LogP contribution >= 0.6 is 0 Å². The van der Waals surface area contributed by atoms with Gasteiger partial charge in [-0.3, -0.25) is 0 Å². The van der Waals surface area contributed by atoms with E-state index in [1.165, 1.54) is 25.7 Å². The number of hydrogen-bond acceptors (Lipinski definition) is 2. The molecular weight excluding hydrogens is 263 g/mol. The molecule has 1 saturated carbocycles. The fraction of sp³-hybridized carbons (Fsp3) is 0.667. The van der Waals surface area contributed by atoms with Crippen molar-refractivity contribution in [2.75, 3.05) is 18.0 Å². The Morgan fingerprint density at radius 2 is 2.10 bits per heavy atom. The summed E-state index contributed by atoms with van der Waals surface area (Å²) in [6, 6.07) is 6.14. The van der Waals surface area contributed by atoms with E-state index in [-0.39, 0.29) is 5.82 Å². The number of nitrogens with zero attached hydrogens (tertiary/aromatic N) is 1. The van der Waals surface area contributed by atoms with Crippen molar-refractivity contribution in [2.45, 2.75) is 59.0 Å². The first-order valence-electron chi connectivity index (χ1n) is 8.38. The highest BCUT2D eigenvalue weighted by Gasteiger charge is 2.30. The molecule has 1 fully saturated rings. The number of anilines is 1. The number of halogens is 1. The summed E-state index contributed by atoms with van der Waals surface area (Å²) in [6.45, 7) is 9.14. The summed E-state index contributed by atoms with van der Waals surface area (Å²) in [6.07, 6.45) is 4.85. The molecule has 0 unspecified atom stereocenters. The molecule has 0 saturated heterocycles. The molecule has 1 aromatic rings. The summed E-state index contributed by atoms with van der Waals surface area (Å²) in [4.78, 5) is 2.43. The molecule has 1 aliphatic rings. The lowest BCUT2D eigenvalue weighted by Gasteiger charge is -2.27. The van der Waals surface area contributed by atoms with Crippen molar-refractivity contribution in [1.82, 2.24) is 5.32 Å². The maximum atomic E-state index is 14.3. The highest BCUT2D eigenvalue weighted by atomic mass is 19.1. The molecule has 0 amide bonds. The zero-order valence-electron chi connectivity index (χ0n) is 13.7. The topological polar surface area (TPSA) is 15.3 Å². The second kappa shape index (κ2) is 7.79.